The number of aryl methyl sites for hydroxylation is 1. The van der Waals surface area contributed by atoms with E-state index in [1.165, 1.54) is 60.0 Å². The molecule has 0 amide bonds. The molecule has 4 bridgehead atoms. The fourth-order valence-electron chi connectivity index (χ4n) is 8.85. The first kappa shape index (κ1) is 21.2. The normalized spacial score (nSPS) is 31.5. The summed E-state index contributed by atoms with van der Waals surface area (Å²) >= 11 is 0. The molecule has 2 heteroatoms. The number of aromatic nitrogens is 2. The van der Waals surface area contributed by atoms with Crippen LogP contribution < -0.4 is 4.57 Å². The Morgan fingerprint density at radius 3 is 1.97 bits per heavy atom. The maximum atomic E-state index is 2.60. The minimum Gasteiger partial charge on any atom is -0.232 e. The molecule has 34 heavy (non-hydrogen) atoms. The molecule has 2 nitrogen and oxygen atoms in total. The van der Waals surface area contributed by atoms with Crippen LogP contribution in [0.5, 0.6) is 0 Å². The van der Waals surface area contributed by atoms with E-state index in [9.17, 15) is 0 Å². The topological polar surface area (TPSA) is 8.81 Å². The average molecular weight is 454 g/mol. The summed E-state index contributed by atoms with van der Waals surface area (Å²) in [5.74, 6) is 3.51. The molecule has 0 saturated heterocycles. The zero-order valence-electron chi connectivity index (χ0n) is 22.2. The van der Waals surface area contributed by atoms with E-state index in [0.29, 0.717) is 0 Å². The zero-order chi connectivity index (χ0) is 23.8. The molecular formula is C32H41N2+. The highest BCUT2D eigenvalue weighted by Crippen LogP contribution is 2.62. The fraction of sp³-hybridized carbons (Fsp3) is 0.594. The van der Waals surface area contributed by atoms with Gasteiger partial charge in [0.05, 0.1) is 7.05 Å². The molecule has 1 aromatic heterocycles. The Balaban J connectivity index is 1.42. The molecule has 2 aromatic carbocycles. The van der Waals surface area contributed by atoms with Gasteiger partial charge >= 0.3 is 0 Å². The SMILES string of the molecule is C[n+]1cn(-c2ccc3c(c2)C(C)(C)C(C)(C)C3(C)C)c2cc3c(cc21)C1CC2CC(CC3C2)C1. The van der Waals surface area contributed by atoms with Gasteiger partial charge < -0.3 is 0 Å². The second kappa shape index (κ2) is 6.37. The lowest BCUT2D eigenvalue weighted by molar-refractivity contribution is -0.645. The van der Waals surface area contributed by atoms with Crippen LogP contribution in [0.3, 0.4) is 0 Å². The van der Waals surface area contributed by atoms with Gasteiger partial charge in [0.25, 0.3) is 0 Å². The monoisotopic (exact) mass is 453 g/mol. The minimum atomic E-state index is 0.127. The number of benzene rings is 2. The number of hydrogen-bond acceptors (Lipinski definition) is 0. The summed E-state index contributed by atoms with van der Waals surface area (Å²) in [5, 5.41) is 0. The van der Waals surface area contributed by atoms with Crippen LogP contribution in [0, 0.1) is 17.3 Å². The summed E-state index contributed by atoms with van der Waals surface area (Å²) in [6.45, 7) is 14.7. The predicted molar refractivity (Wildman–Crippen MR) is 140 cm³/mol. The van der Waals surface area contributed by atoms with Crippen LogP contribution in [-0.2, 0) is 17.9 Å². The molecule has 2 unspecified atom stereocenters. The van der Waals surface area contributed by atoms with Gasteiger partial charge in [0, 0.05) is 0 Å². The Kier molecular flexibility index (Phi) is 3.97. The number of fused-ring (bicyclic) bond motifs is 2. The smallest absolute Gasteiger partial charge is 0.232 e. The van der Waals surface area contributed by atoms with E-state index in [0.717, 1.165) is 23.7 Å². The summed E-state index contributed by atoms with van der Waals surface area (Å²) < 4.78 is 4.83. The lowest BCUT2D eigenvalue weighted by atomic mass is 9.59. The van der Waals surface area contributed by atoms with Crippen molar-refractivity contribution >= 4 is 11.0 Å². The van der Waals surface area contributed by atoms with Crippen LogP contribution in [0.1, 0.15) is 108 Å². The number of imidazole rings is 1. The van der Waals surface area contributed by atoms with Crippen molar-refractivity contribution in [2.24, 2.45) is 24.3 Å². The van der Waals surface area contributed by atoms with Crippen LogP contribution in [-0.4, -0.2) is 4.57 Å². The van der Waals surface area contributed by atoms with Gasteiger partial charge in [-0.25, -0.2) is 4.57 Å². The quantitative estimate of drug-likeness (QED) is 0.339. The maximum absolute atomic E-state index is 2.60. The lowest BCUT2D eigenvalue weighted by Gasteiger charge is -2.44. The summed E-state index contributed by atoms with van der Waals surface area (Å²) in [4.78, 5) is 0. The highest BCUT2D eigenvalue weighted by Gasteiger charge is 2.57. The summed E-state index contributed by atoms with van der Waals surface area (Å²) in [5.41, 5.74) is 11.0. The largest absolute Gasteiger partial charge is 0.249 e. The third-order valence-electron chi connectivity index (χ3n) is 11.9. The van der Waals surface area contributed by atoms with Crippen LogP contribution in [0.15, 0.2) is 36.7 Å². The van der Waals surface area contributed by atoms with Gasteiger partial charge in [-0.3, -0.25) is 0 Å². The first-order valence-electron chi connectivity index (χ1n) is 13.7. The predicted octanol–water partition coefficient (Wildman–Crippen LogP) is 7.44. The molecule has 0 aliphatic heterocycles. The molecule has 2 atom stereocenters. The zero-order valence-corrected chi connectivity index (χ0v) is 22.2. The van der Waals surface area contributed by atoms with Crippen molar-refractivity contribution in [2.45, 2.75) is 96.3 Å². The highest BCUT2D eigenvalue weighted by atomic mass is 15.1. The van der Waals surface area contributed by atoms with Gasteiger partial charge in [0.1, 0.15) is 5.69 Å². The third kappa shape index (κ3) is 2.45. The van der Waals surface area contributed by atoms with Crippen LogP contribution in [0.2, 0.25) is 0 Å². The Morgan fingerprint density at radius 2 is 1.32 bits per heavy atom. The Bertz CT molecular complexity index is 1340. The molecule has 2 saturated carbocycles. The number of hydrogen-bond donors (Lipinski definition) is 0. The van der Waals surface area contributed by atoms with Crippen molar-refractivity contribution in [1.82, 2.24) is 4.57 Å². The van der Waals surface area contributed by atoms with Crippen molar-refractivity contribution in [1.29, 1.82) is 0 Å². The molecule has 8 rings (SSSR count). The van der Waals surface area contributed by atoms with E-state index in [-0.39, 0.29) is 16.2 Å². The van der Waals surface area contributed by atoms with Crippen molar-refractivity contribution in [3.63, 3.8) is 0 Å². The lowest BCUT2D eigenvalue weighted by Crippen LogP contribution is -2.42. The molecule has 1 heterocycles. The van der Waals surface area contributed by atoms with Gasteiger partial charge in [0.15, 0.2) is 11.0 Å². The van der Waals surface area contributed by atoms with E-state index < -0.39 is 0 Å². The second-order valence-corrected chi connectivity index (χ2v) is 14.0. The summed E-state index contributed by atoms with van der Waals surface area (Å²) in [6.07, 6.45) is 9.53. The van der Waals surface area contributed by atoms with E-state index in [4.69, 9.17) is 0 Å². The third-order valence-corrected chi connectivity index (χ3v) is 11.9. The molecule has 5 aliphatic carbocycles. The first-order valence-corrected chi connectivity index (χ1v) is 13.7. The number of nitrogens with zero attached hydrogens (tertiary/aromatic N) is 2. The first-order chi connectivity index (χ1) is 16.0. The molecule has 5 aliphatic rings. The van der Waals surface area contributed by atoms with E-state index in [2.05, 4.69) is 94.4 Å². The van der Waals surface area contributed by atoms with Crippen molar-refractivity contribution < 1.29 is 4.57 Å². The van der Waals surface area contributed by atoms with Crippen molar-refractivity contribution in [2.75, 3.05) is 0 Å². The molecule has 0 radical (unpaired) electrons. The molecule has 0 N–H and O–H groups in total. The van der Waals surface area contributed by atoms with Crippen molar-refractivity contribution in [3.8, 4) is 5.69 Å². The Hall–Kier alpha value is -2.09. The van der Waals surface area contributed by atoms with E-state index in [1.54, 1.807) is 11.1 Å². The van der Waals surface area contributed by atoms with Crippen LogP contribution in [0.25, 0.3) is 16.7 Å². The van der Waals surface area contributed by atoms with Gasteiger partial charge in [-0.2, -0.15) is 4.57 Å². The molecule has 2 fully saturated rings. The maximum Gasteiger partial charge on any atom is 0.249 e. The Labute approximate surface area is 205 Å². The van der Waals surface area contributed by atoms with Crippen LogP contribution in [0.4, 0.5) is 0 Å². The average Bonchev–Trinajstić information content (AvgIpc) is 3.07. The van der Waals surface area contributed by atoms with E-state index >= 15 is 0 Å². The van der Waals surface area contributed by atoms with Gasteiger partial charge in [0.2, 0.25) is 6.33 Å². The second-order valence-electron chi connectivity index (χ2n) is 14.0. The summed E-state index contributed by atoms with van der Waals surface area (Å²) in [6, 6.07) is 12.5. The minimum absolute atomic E-state index is 0.127. The fourth-order valence-corrected chi connectivity index (χ4v) is 8.85. The molecule has 3 aromatic rings. The van der Waals surface area contributed by atoms with Crippen molar-refractivity contribution in [3.05, 3.63) is 58.9 Å². The highest BCUT2D eigenvalue weighted by molar-refractivity contribution is 5.77. The molecule has 0 spiro atoms. The standard InChI is InChI=1S/C32H41N2/c1-30(2)26-9-8-23(15-27(26)31(3,4)32(30,5)6)34-18-33(7)28-16-24-21-11-19-10-20(12-21)14-22(13-19)25(24)17-29(28)34/h8-9,15-22H,10-14H2,1-7H3/q+1. The van der Waals surface area contributed by atoms with Crippen LogP contribution >= 0.6 is 0 Å². The van der Waals surface area contributed by atoms with Gasteiger partial charge in [-0.15, -0.1) is 0 Å². The molecule has 178 valence electrons. The summed E-state index contributed by atoms with van der Waals surface area (Å²) in [7, 11) is 2.23. The van der Waals surface area contributed by atoms with E-state index in [1.807, 2.05) is 0 Å². The number of rotatable bonds is 1. The van der Waals surface area contributed by atoms with Gasteiger partial charge in [-0.05, 0) is 119 Å². The Morgan fingerprint density at radius 1 is 0.735 bits per heavy atom. The van der Waals surface area contributed by atoms with Gasteiger partial charge in [-0.1, -0.05) is 47.6 Å². The molecular weight excluding hydrogens is 412 g/mol.